The average Bonchev–Trinajstić information content (AvgIpc) is 3.25. The normalized spacial score (nSPS) is 23.0. The molecule has 1 N–H and O–H groups in total. The molecule has 116 valence electrons. The van der Waals surface area contributed by atoms with Gasteiger partial charge in [-0.05, 0) is 41.5 Å². The van der Waals surface area contributed by atoms with Gasteiger partial charge in [-0.15, -0.1) is 0 Å². The van der Waals surface area contributed by atoms with E-state index in [0.29, 0.717) is 6.04 Å². The molecule has 0 bridgehead atoms. The van der Waals surface area contributed by atoms with E-state index < -0.39 is 10.8 Å². The lowest BCUT2D eigenvalue weighted by Gasteiger charge is -2.19. The summed E-state index contributed by atoms with van der Waals surface area (Å²) < 4.78 is 11.4. The topological polar surface area (TPSA) is 29.1 Å². The Bertz CT molecular complexity index is 638. The van der Waals surface area contributed by atoms with Crippen molar-refractivity contribution in [3.05, 3.63) is 65.7 Å². The summed E-state index contributed by atoms with van der Waals surface area (Å²) in [5.74, 6) is 1.55. The van der Waals surface area contributed by atoms with Gasteiger partial charge in [0.2, 0.25) is 0 Å². The van der Waals surface area contributed by atoms with Gasteiger partial charge in [-0.1, -0.05) is 49.4 Å². The summed E-state index contributed by atoms with van der Waals surface area (Å²) in [6.07, 6.45) is 3.02. The van der Waals surface area contributed by atoms with Crippen LogP contribution in [-0.4, -0.2) is 10.5 Å². The van der Waals surface area contributed by atoms with Gasteiger partial charge in [-0.25, -0.2) is 0 Å². The predicted molar refractivity (Wildman–Crippen MR) is 92.1 cm³/mol. The second kappa shape index (κ2) is 6.76. The molecule has 2 nitrogen and oxygen atoms in total. The Morgan fingerprint density at radius 3 is 2.32 bits per heavy atom. The molecule has 2 aromatic carbocycles. The molecule has 3 heteroatoms. The molecular formula is C19H23NOS. The van der Waals surface area contributed by atoms with Crippen molar-refractivity contribution in [3.63, 3.8) is 0 Å². The van der Waals surface area contributed by atoms with Crippen molar-refractivity contribution in [1.82, 2.24) is 5.32 Å². The lowest BCUT2D eigenvalue weighted by molar-refractivity contribution is 0.461. The van der Waals surface area contributed by atoms with Crippen molar-refractivity contribution >= 4 is 10.8 Å². The maximum absolute atomic E-state index is 11.4. The fourth-order valence-corrected chi connectivity index (χ4v) is 3.54. The summed E-state index contributed by atoms with van der Waals surface area (Å²) >= 11 is 0. The van der Waals surface area contributed by atoms with Crippen LogP contribution in [0.2, 0.25) is 0 Å². The Morgan fingerprint density at radius 2 is 1.77 bits per heavy atom. The lowest BCUT2D eigenvalue weighted by Crippen LogP contribution is -2.23. The van der Waals surface area contributed by atoms with E-state index in [1.54, 1.807) is 6.26 Å². The van der Waals surface area contributed by atoms with Gasteiger partial charge in [0.25, 0.3) is 0 Å². The minimum atomic E-state index is -0.902. The van der Waals surface area contributed by atoms with Crippen LogP contribution in [0.5, 0.6) is 0 Å². The summed E-state index contributed by atoms with van der Waals surface area (Å²) in [5, 5.41) is 3.72. The van der Waals surface area contributed by atoms with Gasteiger partial charge in [0.05, 0.1) is 0 Å². The third-order valence-electron chi connectivity index (χ3n) is 4.54. The number of nitrogens with one attached hydrogen (secondary N) is 1. The summed E-state index contributed by atoms with van der Waals surface area (Å²) in [4.78, 5) is 0.888. The SMILES string of the molecule is C[C@@H]1C[C@@H]1[C@H](NCc1ccc([S@](C)=O)cc1)c1ccccc1. The minimum Gasteiger partial charge on any atom is -0.306 e. The Kier molecular flexibility index (Phi) is 4.74. The molecule has 2 aromatic rings. The molecule has 4 atom stereocenters. The van der Waals surface area contributed by atoms with E-state index in [1.165, 1.54) is 17.5 Å². The largest absolute Gasteiger partial charge is 0.306 e. The van der Waals surface area contributed by atoms with Gasteiger partial charge in [-0.2, -0.15) is 0 Å². The molecule has 0 saturated heterocycles. The Labute approximate surface area is 135 Å². The molecule has 0 spiro atoms. The van der Waals surface area contributed by atoms with Gasteiger partial charge < -0.3 is 5.32 Å². The molecule has 1 aliphatic rings. The van der Waals surface area contributed by atoms with E-state index in [2.05, 4.69) is 54.7 Å². The molecule has 22 heavy (non-hydrogen) atoms. The summed E-state index contributed by atoms with van der Waals surface area (Å²) in [7, 11) is -0.902. The van der Waals surface area contributed by atoms with E-state index in [0.717, 1.165) is 23.3 Å². The number of benzene rings is 2. The van der Waals surface area contributed by atoms with Crippen molar-refractivity contribution in [2.24, 2.45) is 11.8 Å². The molecule has 0 aliphatic heterocycles. The van der Waals surface area contributed by atoms with Crippen LogP contribution >= 0.6 is 0 Å². The molecule has 3 rings (SSSR count). The standard InChI is InChI=1S/C19H23NOS/c1-14-12-18(14)19(16-6-4-3-5-7-16)20-13-15-8-10-17(11-9-15)22(2)21/h3-11,14,18-20H,12-13H2,1-2H3/t14-,18+,19-,22+/m1/s1. The van der Waals surface area contributed by atoms with Crippen molar-refractivity contribution in [2.75, 3.05) is 6.26 Å². The fraction of sp³-hybridized carbons (Fsp3) is 0.368. The summed E-state index contributed by atoms with van der Waals surface area (Å²) in [5.41, 5.74) is 2.62. The molecule has 0 heterocycles. The zero-order chi connectivity index (χ0) is 15.5. The average molecular weight is 313 g/mol. The van der Waals surface area contributed by atoms with Crippen LogP contribution in [0.3, 0.4) is 0 Å². The first-order valence-corrected chi connectivity index (χ1v) is 9.41. The van der Waals surface area contributed by atoms with Crippen LogP contribution in [0.25, 0.3) is 0 Å². The van der Waals surface area contributed by atoms with E-state index in [-0.39, 0.29) is 0 Å². The van der Waals surface area contributed by atoms with E-state index in [9.17, 15) is 4.21 Å². The van der Waals surface area contributed by atoms with Crippen molar-refractivity contribution < 1.29 is 4.21 Å². The number of hydrogen-bond donors (Lipinski definition) is 1. The van der Waals surface area contributed by atoms with Crippen LogP contribution in [0.4, 0.5) is 0 Å². The highest BCUT2D eigenvalue weighted by Gasteiger charge is 2.39. The van der Waals surface area contributed by atoms with Crippen molar-refractivity contribution in [3.8, 4) is 0 Å². The molecule has 0 radical (unpaired) electrons. The molecule has 1 saturated carbocycles. The lowest BCUT2D eigenvalue weighted by atomic mass is 10.0. The van der Waals surface area contributed by atoms with Crippen LogP contribution < -0.4 is 5.32 Å². The minimum absolute atomic E-state index is 0.427. The van der Waals surface area contributed by atoms with Crippen molar-refractivity contribution in [2.45, 2.75) is 30.8 Å². The fourth-order valence-electron chi connectivity index (χ4n) is 3.02. The monoisotopic (exact) mass is 313 g/mol. The van der Waals surface area contributed by atoms with Gasteiger partial charge in [0.15, 0.2) is 0 Å². The summed E-state index contributed by atoms with van der Waals surface area (Å²) in [6.45, 7) is 3.17. The molecule has 0 unspecified atom stereocenters. The highest BCUT2D eigenvalue weighted by atomic mass is 32.2. The molecule has 0 amide bonds. The van der Waals surface area contributed by atoms with E-state index in [1.807, 2.05) is 12.1 Å². The highest BCUT2D eigenvalue weighted by Crippen LogP contribution is 2.47. The van der Waals surface area contributed by atoms with Gasteiger partial charge in [-0.3, -0.25) is 4.21 Å². The van der Waals surface area contributed by atoms with Crippen molar-refractivity contribution in [1.29, 1.82) is 0 Å². The first-order chi connectivity index (χ1) is 10.6. The zero-order valence-corrected chi connectivity index (χ0v) is 14.0. The van der Waals surface area contributed by atoms with E-state index >= 15 is 0 Å². The predicted octanol–water partition coefficient (Wildman–Crippen LogP) is 3.91. The molecular weight excluding hydrogens is 290 g/mol. The maximum atomic E-state index is 11.4. The maximum Gasteiger partial charge on any atom is 0.0498 e. The van der Waals surface area contributed by atoms with Crippen LogP contribution in [0.15, 0.2) is 59.5 Å². The molecule has 1 aliphatic carbocycles. The summed E-state index contributed by atoms with van der Waals surface area (Å²) in [6, 6.07) is 19.2. The molecule has 0 aromatic heterocycles. The second-order valence-electron chi connectivity index (χ2n) is 6.24. The number of rotatable bonds is 6. The van der Waals surface area contributed by atoms with Gasteiger partial charge in [0, 0.05) is 34.5 Å². The Balaban J connectivity index is 1.68. The third-order valence-corrected chi connectivity index (χ3v) is 5.48. The Morgan fingerprint density at radius 1 is 1.14 bits per heavy atom. The molecule has 1 fully saturated rings. The third kappa shape index (κ3) is 3.65. The van der Waals surface area contributed by atoms with Gasteiger partial charge in [0.1, 0.15) is 0 Å². The first-order valence-electron chi connectivity index (χ1n) is 7.86. The quantitative estimate of drug-likeness (QED) is 0.876. The van der Waals surface area contributed by atoms with Crippen LogP contribution in [-0.2, 0) is 17.3 Å². The van der Waals surface area contributed by atoms with Crippen LogP contribution in [0, 0.1) is 11.8 Å². The zero-order valence-electron chi connectivity index (χ0n) is 13.2. The van der Waals surface area contributed by atoms with E-state index in [4.69, 9.17) is 0 Å². The second-order valence-corrected chi connectivity index (χ2v) is 7.62. The smallest absolute Gasteiger partial charge is 0.0498 e. The highest BCUT2D eigenvalue weighted by molar-refractivity contribution is 7.84. The van der Waals surface area contributed by atoms with Gasteiger partial charge >= 0.3 is 0 Å². The number of hydrogen-bond acceptors (Lipinski definition) is 2. The Hall–Kier alpha value is -1.45. The van der Waals surface area contributed by atoms with Crippen LogP contribution in [0.1, 0.15) is 30.5 Å². The first kappa shape index (κ1) is 15.4.